The summed E-state index contributed by atoms with van der Waals surface area (Å²) < 4.78 is 25.4. The van der Waals surface area contributed by atoms with Gasteiger partial charge in [0.1, 0.15) is 11.6 Å². The van der Waals surface area contributed by atoms with Crippen LogP contribution in [0.4, 0.5) is 8.78 Å². The number of hydrogen-bond acceptors (Lipinski definition) is 2. The lowest BCUT2D eigenvalue weighted by Crippen LogP contribution is -2.11. The summed E-state index contributed by atoms with van der Waals surface area (Å²) in [4.78, 5) is 0. The minimum Gasteiger partial charge on any atom is -0.324 e. The van der Waals surface area contributed by atoms with Crippen LogP contribution < -0.4 is 5.73 Å². The van der Waals surface area contributed by atoms with Gasteiger partial charge in [-0.15, -0.1) is 0 Å². The summed E-state index contributed by atoms with van der Waals surface area (Å²) in [6, 6.07) is 2.64. The van der Waals surface area contributed by atoms with Gasteiger partial charge in [-0.25, -0.2) is 8.78 Å². The van der Waals surface area contributed by atoms with E-state index in [1.54, 1.807) is 0 Å². The molecule has 0 aliphatic heterocycles. The molecule has 1 rings (SSSR count). The first-order valence-corrected chi connectivity index (χ1v) is 3.84. The van der Waals surface area contributed by atoms with E-state index < -0.39 is 17.7 Å². The first kappa shape index (κ1) is 9.80. The van der Waals surface area contributed by atoms with Crippen molar-refractivity contribution in [2.45, 2.75) is 12.5 Å². The molecule has 0 aliphatic carbocycles. The van der Waals surface area contributed by atoms with E-state index >= 15 is 0 Å². The van der Waals surface area contributed by atoms with Gasteiger partial charge in [0.25, 0.3) is 0 Å². The molecule has 4 heteroatoms. The Bertz CT molecular complexity index is 292. The zero-order valence-electron chi connectivity index (χ0n) is 6.93. The third-order valence-corrected chi connectivity index (χ3v) is 1.68. The van der Waals surface area contributed by atoms with Gasteiger partial charge in [0.2, 0.25) is 0 Å². The smallest absolute Gasteiger partial charge is 0.126 e. The molecule has 0 amide bonds. The highest BCUT2D eigenvalue weighted by Gasteiger charge is 2.07. The van der Waals surface area contributed by atoms with Crippen molar-refractivity contribution in [1.29, 1.82) is 5.41 Å². The summed E-state index contributed by atoms with van der Waals surface area (Å²) in [5.74, 6) is -1.29. The van der Waals surface area contributed by atoms with Crippen LogP contribution in [0.3, 0.4) is 0 Å². The van der Waals surface area contributed by atoms with Crippen LogP contribution in [0.2, 0.25) is 0 Å². The average molecular weight is 184 g/mol. The Labute approximate surface area is 74.9 Å². The lowest BCUT2D eigenvalue weighted by atomic mass is 10.1. The van der Waals surface area contributed by atoms with Crippen LogP contribution in [0.1, 0.15) is 18.0 Å². The zero-order chi connectivity index (χ0) is 9.84. The van der Waals surface area contributed by atoms with Crippen LogP contribution >= 0.6 is 0 Å². The zero-order valence-corrected chi connectivity index (χ0v) is 6.93. The number of nitrogens with one attached hydrogen (secondary N) is 1. The van der Waals surface area contributed by atoms with Gasteiger partial charge in [-0.3, -0.25) is 0 Å². The molecule has 0 bridgehead atoms. The second kappa shape index (κ2) is 4.09. The molecule has 1 atom stereocenters. The van der Waals surface area contributed by atoms with Crippen LogP contribution in [0, 0.1) is 17.0 Å². The topological polar surface area (TPSA) is 49.9 Å². The Morgan fingerprint density at radius 1 is 1.31 bits per heavy atom. The molecule has 0 spiro atoms. The van der Waals surface area contributed by atoms with Crippen LogP contribution in [-0.2, 0) is 0 Å². The molecule has 0 saturated heterocycles. The number of halogens is 2. The number of rotatable bonds is 3. The molecule has 0 radical (unpaired) electrons. The molecular formula is C9H10F2N2. The number of benzene rings is 1. The number of nitrogens with two attached hydrogens (primary N) is 1. The molecule has 0 aromatic heterocycles. The average Bonchev–Trinajstić information content (AvgIpc) is 2.03. The molecule has 1 aromatic carbocycles. The first-order valence-electron chi connectivity index (χ1n) is 3.84. The van der Waals surface area contributed by atoms with Crippen molar-refractivity contribution in [2.24, 2.45) is 5.73 Å². The molecule has 0 fully saturated rings. The van der Waals surface area contributed by atoms with Crippen LogP contribution in [0.5, 0.6) is 0 Å². The molecule has 13 heavy (non-hydrogen) atoms. The van der Waals surface area contributed by atoms with Crippen molar-refractivity contribution in [2.75, 3.05) is 0 Å². The third kappa shape index (κ3) is 2.59. The van der Waals surface area contributed by atoms with Gasteiger partial charge in [-0.2, -0.15) is 0 Å². The van der Waals surface area contributed by atoms with E-state index in [0.717, 1.165) is 12.3 Å². The third-order valence-electron chi connectivity index (χ3n) is 1.68. The first-order chi connectivity index (χ1) is 6.13. The molecule has 70 valence electrons. The fraction of sp³-hybridized carbons (Fsp3) is 0.222. The van der Waals surface area contributed by atoms with Crippen LogP contribution in [-0.4, -0.2) is 6.21 Å². The van der Waals surface area contributed by atoms with E-state index in [0.29, 0.717) is 5.56 Å². The van der Waals surface area contributed by atoms with Gasteiger partial charge in [-0.1, -0.05) is 0 Å². The van der Waals surface area contributed by atoms with Crippen molar-refractivity contribution in [1.82, 2.24) is 0 Å². The van der Waals surface area contributed by atoms with E-state index in [4.69, 9.17) is 11.1 Å². The normalized spacial score (nSPS) is 12.5. The lowest BCUT2D eigenvalue weighted by molar-refractivity contribution is 0.574. The monoisotopic (exact) mass is 184 g/mol. The van der Waals surface area contributed by atoms with E-state index in [1.807, 2.05) is 0 Å². The second-order valence-corrected chi connectivity index (χ2v) is 2.75. The Kier molecular flexibility index (Phi) is 3.08. The summed E-state index contributed by atoms with van der Waals surface area (Å²) in [5.41, 5.74) is 5.93. The molecule has 0 aliphatic rings. The van der Waals surface area contributed by atoms with Gasteiger partial charge < -0.3 is 11.1 Å². The van der Waals surface area contributed by atoms with Crippen LogP contribution in [0.15, 0.2) is 18.2 Å². The Hall–Kier alpha value is -1.29. The second-order valence-electron chi connectivity index (χ2n) is 2.75. The van der Waals surface area contributed by atoms with Crippen molar-refractivity contribution in [3.05, 3.63) is 35.4 Å². The molecule has 1 unspecified atom stereocenters. The predicted octanol–water partition coefficient (Wildman–Crippen LogP) is 2.00. The molecule has 3 N–H and O–H groups in total. The van der Waals surface area contributed by atoms with Gasteiger partial charge >= 0.3 is 0 Å². The summed E-state index contributed by atoms with van der Waals surface area (Å²) in [7, 11) is 0. The standard InChI is InChI=1S/C9H10F2N2/c10-7-3-6(4-8(11)5-7)9(13)1-2-12/h2-5,9,12H,1,13H2. The summed E-state index contributed by atoms with van der Waals surface area (Å²) >= 11 is 0. The largest absolute Gasteiger partial charge is 0.324 e. The maximum Gasteiger partial charge on any atom is 0.126 e. The van der Waals surface area contributed by atoms with Gasteiger partial charge in [0.15, 0.2) is 0 Å². The summed E-state index contributed by atoms with van der Waals surface area (Å²) in [5, 5.41) is 6.80. The highest BCUT2D eigenvalue weighted by molar-refractivity contribution is 5.54. The highest BCUT2D eigenvalue weighted by Crippen LogP contribution is 2.15. The molecule has 2 nitrogen and oxygen atoms in total. The van der Waals surface area contributed by atoms with Gasteiger partial charge in [-0.05, 0) is 23.9 Å². The Morgan fingerprint density at radius 2 is 1.85 bits per heavy atom. The van der Waals surface area contributed by atoms with E-state index in [2.05, 4.69) is 0 Å². The molecule has 0 heterocycles. The fourth-order valence-electron chi connectivity index (χ4n) is 1.05. The van der Waals surface area contributed by atoms with Crippen molar-refractivity contribution >= 4 is 6.21 Å². The summed E-state index contributed by atoms with van der Waals surface area (Å²) in [6.45, 7) is 0. The van der Waals surface area contributed by atoms with Crippen molar-refractivity contribution < 1.29 is 8.78 Å². The van der Waals surface area contributed by atoms with E-state index in [1.165, 1.54) is 12.1 Å². The maximum absolute atomic E-state index is 12.7. The van der Waals surface area contributed by atoms with E-state index in [9.17, 15) is 8.78 Å². The fourth-order valence-corrected chi connectivity index (χ4v) is 1.05. The van der Waals surface area contributed by atoms with E-state index in [-0.39, 0.29) is 6.42 Å². The SMILES string of the molecule is N=CCC(N)c1cc(F)cc(F)c1. The minimum atomic E-state index is -0.643. The quantitative estimate of drug-likeness (QED) is 0.693. The van der Waals surface area contributed by atoms with Crippen molar-refractivity contribution in [3.8, 4) is 0 Å². The van der Waals surface area contributed by atoms with Crippen LogP contribution in [0.25, 0.3) is 0 Å². The van der Waals surface area contributed by atoms with Gasteiger partial charge in [0, 0.05) is 18.5 Å². The minimum absolute atomic E-state index is 0.281. The maximum atomic E-state index is 12.7. The molecular weight excluding hydrogens is 174 g/mol. The highest BCUT2D eigenvalue weighted by atomic mass is 19.1. The van der Waals surface area contributed by atoms with Crippen molar-refractivity contribution in [3.63, 3.8) is 0 Å². The van der Waals surface area contributed by atoms with Gasteiger partial charge in [0.05, 0.1) is 0 Å². The Balaban J connectivity index is 2.93. The lowest BCUT2D eigenvalue weighted by Gasteiger charge is -2.08. The number of hydrogen-bond donors (Lipinski definition) is 2. The molecule has 1 aromatic rings. The predicted molar refractivity (Wildman–Crippen MR) is 46.7 cm³/mol. The molecule has 0 saturated carbocycles. The summed E-state index contributed by atoms with van der Waals surface area (Å²) in [6.07, 6.45) is 1.40. The Morgan fingerprint density at radius 3 is 2.31 bits per heavy atom.